The minimum Gasteiger partial charge on any atom is -0.867 e. The van der Waals surface area contributed by atoms with Crippen molar-refractivity contribution in [3.8, 4) is 40.2 Å². The molecule has 0 N–H and O–H groups in total. The largest absolute Gasteiger partial charge is 0.867 e. The van der Waals surface area contributed by atoms with E-state index in [9.17, 15) is 56.8 Å². The molecule has 9 rings (SSSR count). The average Bonchev–Trinajstić information content (AvgIpc) is 3.30. The lowest BCUT2D eigenvalue weighted by Crippen LogP contribution is -2.42. The summed E-state index contributed by atoms with van der Waals surface area (Å²) in [4.78, 5) is 7.57. The Morgan fingerprint density at radius 2 is 0.871 bits per heavy atom. The van der Waals surface area contributed by atoms with E-state index in [1.807, 2.05) is 13.8 Å². The van der Waals surface area contributed by atoms with Crippen LogP contribution in [0.15, 0.2) is 142 Å². The van der Waals surface area contributed by atoms with E-state index in [1.165, 1.54) is 97.1 Å². The van der Waals surface area contributed by atoms with Crippen molar-refractivity contribution < 1.29 is 57.9 Å². The summed E-state index contributed by atoms with van der Waals surface area (Å²) in [5, 5.41) is 66.3. The van der Waals surface area contributed by atoms with Gasteiger partial charge >= 0.3 is 47.4 Å². The predicted octanol–water partition coefficient (Wildman–Crippen LogP) is 9.10. The number of benzene rings is 8. The van der Waals surface area contributed by atoms with Crippen LogP contribution in [0.3, 0.4) is 0 Å². The van der Waals surface area contributed by atoms with Gasteiger partial charge in [-0.3, -0.25) is 0 Å². The average molecular weight is 997 g/mol. The Bertz CT molecular complexity index is 4070. The Morgan fingerprint density at radius 1 is 0.486 bits per heavy atom. The molecule has 19 nitrogen and oxygen atoms in total. The van der Waals surface area contributed by atoms with Crippen molar-refractivity contribution in [1.82, 2.24) is 0 Å². The number of nitrogens with zero attached hydrogens (tertiary/aromatic N) is 6. The van der Waals surface area contributed by atoms with Gasteiger partial charge in [-0.25, -0.2) is 0 Å². The van der Waals surface area contributed by atoms with E-state index in [-0.39, 0.29) is 77.8 Å². The molecule has 0 aliphatic carbocycles. The van der Waals surface area contributed by atoms with E-state index in [4.69, 9.17) is 17.3 Å². The highest BCUT2D eigenvalue weighted by molar-refractivity contribution is 7.88. The van der Waals surface area contributed by atoms with Gasteiger partial charge in [0, 0.05) is 64.0 Å². The number of diazo groups is 3. The summed E-state index contributed by atoms with van der Waals surface area (Å²) < 4.78 is 108. The van der Waals surface area contributed by atoms with Gasteiger partial charge in [0.1, 0.15) is 37.5 Å². The normalized spacial score (nSPS) is 15.5. The minimum absolute atomic E-state index is 0.00889. The summed E-state index contributed by atoms with van der Waals surface area (Å²) in [5.41, 5.74) is -2.75. The third kappa shape index (κ3) is 7.83. The van der Waals surface area contributed by atoms with Gasteiger partial charge in [0.25, 0.3) is 0 Å². The van der Waals surface area contributed by atoms with Crippen LogP contribution < -0.4 is 32.6 Å². The van der Waals surface area contributed by atoms with Gasteiger partial charge in [0.05, 0.1) is 0 Å². The highest BCUT2D eigenvalue weighted by Gasteiger charge is 2.45. The quantitative estimate of drug-likeness (QED) is 0.0911. The topological polar surface area (TPSA) is 293 Å². The molecule has 8 aromatic carbocycles. The van der Waals surface area contributed by atoms with Gasteiger partial charge in [0.2, 0.25) is 16.2 Å². The molecule has 0 saturated carbocycles. The zero-order valence-corrected chi connectivity index (χ0v) is 39.0. The van der Waals surface area contributed by atoms with Crippen LogP contribution >= 0.6 is 0 Å². The van der Waals surface area contributed by atoms with Gasteiger partial charge in [-0.2, -0.15) is 25.3 Å². The molecule has 8 aromatic rings. The highest BCUT2D eigenvalue weighted by atomic mass is 32.2. The lowest BCUT2D eigenvalue weighted by molar-refractivity contribution is -0.265. The molecular weight excluding hydrogens is 965 g/mol. The second-order valence-electron chi connectivity index (χ2n) is 16.9. The maximum absolute atomic E-state index is 14.5. The van der Waals surface area contributed by atoms with Gasteiger partial charge < -0.3 is 32.6 Å². The molecule has 1 aliphatic rings. The van der Waals surface area contributed by atoms with Gasteiger partial charge in [-0.05, 0) is 100 Å². The predicted molar refractivity (Wildman–Crippen MR) is 246 cm³/mol. The Labute approximate surface area is 398 Å². The zero-order valence-electron chi connectivity index (χ0n) is 36.5. The molecular formula is C48H32N6O13S3. The molecule has 0 amide bonds. The first-order chi connectivity index (χ1) is 33.1. The SMILES string of the molecule is CC1(C)CC(C)(c2ccc(OS(=O)(=O)c3cccc4c([O-])c([N+]#N)ccc34)cc2OS(=O)(=O)c2cccc3c([O-])c([N+]#N)ccc23)Oc2cc(OS(=O)(=O)c3cccc4c([O-])c([N+]#N)ccc34)ccc21. The monoisotopic (exact) mass is 996 g/mol. The molecule has 350 valence electrons. The van der Waals surface area contributed by atoms with Crippen LogP contribution in [0.5, 0.6) is 40.2 Å². The maximum atomic E-state index is 14.5. The summed E-state index contributed by atoms with van der Waals surface area (Å²) in [6.07, 6.45) is 0.104. The number of ether oxygens (including phenoxy) is 1. The highest BCUT2D eigenvalue weighted by Crippen LogP contribution is 2.52. The first kappa shape index (κ1) is 46.4. The van der Waals surface area contributed by atoms with Gasteiger partial charge in [-0.1, -0.05) is 56.3 Å². The fourth-order valence-corrected chi connectivity index (χ4v) is 12.3. The summed E-state index contributed by atoms with van der Waals surface area (Å²) >= 11 is 0. The summed E-state index contributed by atoms with van der Waals surface area (Å²) in [6.45, 7) is 5.31. The van der Waals surface area contributed by atoms with E-state index < -0.39 is 79.9 Å². The molecule has 0 spiro atoms. The second kappa shape index (κ2) is 16.5. The van der Waals surface area contributed by atoms with Gasteiger partial charge in [-0.15, -0.1) is 0 Å². The van der Waals surface area contributed by atoms with Crippen LogP contribution in [0.1, 0.15) is 38.3 Å². The lowest BCUT2D eigenvalue weighted by Gasteiger charge is -2.44. The first-order valence-corrected chi connectivity index (χ1v) is 24.9. The Kier molecular flexibility index (Phi) is 10.9. The fourth-order valence-electron chi connectivity index (χ4n) is 8.89. The molecule has 1 unspecified atom stereocenters. The van der Waals surface area contributed by atoms with Gasteiger partial charge in [0.15, 0.2) is 20.7 Å². The zero-order chi connectivity index (χ0) is 50.1. The molecule has 70 heavy (non-hydrogen) atoms. The fraction of sp³-hybridized carbons (Fsp3) is 0.125. The van der Waals surface area contributed by atoms with E-state index >= 15 is 0 Å². The van der Waals surface area contributed by atoms with Crippen LogP contribution in [0.4, 0.5) is 17.1 Å². The van der Waals surface area contributed by atoms with Crippen molar-refractivity contribution in [2.24, 2.45) is 0 Å². The van der Waals surface area contributed by atoms with Crippen LogP contribution in [0.25, 0.3) is 47.2 Å². The first-order valence-electron chi connectivity index (χ1n) is 20.7. The second-order valence-corrected chi connectivity index (χ2v) is 21.5. The van der Waals surface area contributed by atoms with Crippen LogP contribution in [0, 0.1) is 16.2 Å². The van der Waals surface area contributed by atoms with Crippen molar-refractivity contribution in [3.63, 3.8) is 0 Å². The summed E-state index contributed by atoms with van der Waals surface area (Å²) in [5.74, 6) is -3.30. The Balaban J connectivity index is 1.14. The van der Waals surface area contributed by atoms with E-state index in [1.54, 1.807) is 13.0 Å². The van der Waals surface area contributed by atoms with Crippen molar-refractivity contribution in [2.45, 2.75) is 52.9 Å². The molecule has 0 fully saturated rings. The third-order valence-corrected chi connectivity index (χ3v) is 15.8. The standard InChI is InChI=1S/C48H32N6O13S3/c1-47(2)25-48(3,64-39-23-26(13-18-34(39)47)65-68(58,59)41-10-4-7-31-28(41)15-20-36(52-49)44(31)55)35-19-14-27(66-69(60,61)42-11-5-8-32-29(42)16-21-37(53-50)45(32)56)24-40(35)67-70(62,63)43-12-6-9-33-30(43)17-22-38(54-51)46(33)57/h4-24H,25H2,1-3H3. The molecule has 22 heteroatoms. The Hall–Kier alpha value is -8.75. The van der Waals surface area contributed by atoms with Crippen molar-refractivity contribution in [2.75, 3.05) is 0 Å². The molecule has 0 radical (unpaired) electrons. The van der Waals surface area contributed by atoms with E-state index in [0.717, 1.165) is 24.3 Å². The third-order valence-electron chi connectivity index (χ3n) is 11.9. The number of hydrogen-bond donors (Lipinski definition) is 0. The van der Waals surface area contributed by atoms with Crippen molar-refractivity contribution >= 4 is 79.7 Å². The molecule has 0 aromatic heterocycles. The van der Waals surface area contributed by atoms with Crippen LogP contribution in [-0.2, 0) is 41.4 Å². The lowest BCUT2D eigenvalue weighted by atomic mass is 9.71. The number of fused-ring (bicyclic) bond motifs is 4. The van der Waals surface area contributed by atoms with E-state index in [0.29, 0.717) is 5.56 Å². The van der Waals surface area contributed by atoms with Crippen LogP contribution in [0.2, 0.25) is 0 Å². The summed E-state index contributed by atoms with van der Waals surface area (Å²) in [7, 11) is -14.4. The molecule has 1 heterocycles. The molecule has 0 bridgehead atoms. The minimum atomic E-state index is -4.96. The smallest absolute Gasteiger partial charge is 0.378 e. The maximum Gasteiger partial charge on any atom is 0.378 e. The molecule has 1 atom stereocenters. The van der Waals surface area contributed by atoms with Crippen LogP contribution in [-0.4, -0.2) is 25.3 Å². The number of rotatable bonds is 10. The molecule has 0 saturated heterocycles. The van der Waals surface area contributed by atoms with E-state index in [2.05, 4.69) is 14.9 Å². The Morgan fingerprint density at radius 3 is 1.29 bits per heavy atom. The van der Waals surface area contributed by atoms with Crippen molar-refractivity contribution in [1.29, 1.82) is 16.2 Å². The van der Waals surface area contributed by atoms with Crippen molar-refractivity contribution in [3.05, 3.63) is 153 Å². The molecule has 1 aliphatic heterocycles. The number of hydrogen-bond acceptors (Lipinski definition) is 16. The summed E-state index contributed by atoms with van der Waals surface area (Å²) in [6, 6.07) is 26.6.